The first-order valence-electron chi connectivity index (χ1n) is 10.2. The van der Waals surface area contributed by atoms with Gasteiger partial charge in [-0.05, 0) is 19.9 Å². The Bertz CT molecular complexity index is 1200. The number of carbonyl (C=O) groups is 1. The normalized spacial score (nSPS) is 17.6. The van der Waals surface area contributed by atoms with E-state index in [0.717, 1.165) is 6.07 Å². The molecule has 1 aromatic carbocycles. The van der Waals surface area contributed by atoms with Gasteiger partial charge in [-0.2, -0.15) is 13.2 Å². The molecule has 1 aliphatic heterocycles. The molecule has 2 N–H and O–H groups in total. The zero-order chi connectivity index (χ0) is 24.6. The van der Waals surface area contributed by atoms with E-state index in [1.807, 2.05) is 11.8 Å². The van der Waals surface area contributed by atoms with Crippen LogP contribution in [0.5, 0.6) is 0 Å². The van der Waals surface area contributed by atoms with E-state index in [2.05, 4.69) is 15.3 Å². The van der Waals surface area contributed by atoms with Crippen LogP contribution in [0.3, 0.4) is 0 Å². The molecular formula is C21H20F5N5O3. The second-order valence-electron chi connectivity index (χ2n) is 7.83. The molecule has 0 spiro atoms. The lowest BCUT2D eigenvalue weighted by molar-refractivity contribution is -0.158. The predicted octanol–water partition coefficient (Wildman–Crippen LogP) is 4.46. The number of amides is 2. The number of nitrogens with zero attached hydrogens (tertiary/aromatic N) is 3. The number of fused-ring (bicyclic) bond motifs is 1. The van der Waals surface area contributed by atoms with Crippen molar-refractivity contribution in [2.45, 2.75) is 32.2 Å². The Morgan fingerprint density at radius 3 is 2.59 bits per heavy atom. The van der Waals surface area contributed by atoms with Crippen molar-refractivity contribution in [2.24, 2.45) is 0 Å². The Labute approximate surface area is 190 Å². The molecule has 1 aliphatic rings. The van der Waals surface area contributed by atoms with Crippen molar-refractivity contribution in [3.05, 3.63) is 47.5 Å². The van der Waals surface area contributed by atoms with Gasteiger partial charge in [-0.1, -0.05) is 0 Å². The van der Waals surface area contributed by atoms with Gasteiger partial charge in [0.1, 0.15) is 11.6 Å². The summed E-state index contributed by atoms with van der Waals surface area (Å²) in [6, 6.07) is -2.47. The van der Waals surface area contributed by atoms with E-state index >= 15 is 0 Å². The first-order chi connectivity index (χ1) is 16.0. The largest absolute Gasteiger partial charge is 0.455 e. The number of nitrogens with one attached hydrogen (secondary N) is 2. The number of hydrogen-bond acceptors (Lipinski definition) is 6. The summed E-state index contributed by atoms with van der Waals surface area (Å²) in [4.78, 5) is 22.5. The minimum Gasteiger partial charge on any atom is -0.455 e. The number of aryl methyl sites for hydroxylation is 1. The number of anilines is 2. The summed E-state index contributed by atoms with van der Waals surface area (Å²) in [6.45, 7) is 4.77. The summed E-state index contributed by atoms with van der Waals surface area (Å²) in [7, 11) is 0. The molecule has 34 heavy (non-hydrogen) atoms. The Kier molecular flexibility index (Phi) is 6.30. The van der Waals surface area contributed by atoms with Crippen LogP contribution in [-0.2, 0) is 4.74 Å². The highest BCUT2D eigenvalue weighted by atomic mass is 19.4. The minimum atomic E-state index is -4.99. The van der Waals surface area contributed by atoms with E-state index in [1.165, 1.54) is 19.3 Å². The molecule has 1 fully saturated rings. The number of aromatic nitrogens is 2. The molecule has 3 heterocycles. The van der Waals surface area contributed by atoms with Crippen LogP contribution in [0.2, 0.25) is 0 Å². The third-order valence-electron chi connectivity index (χ3n) is 5.28. The average Bonchev–Trinajstić information content (AvgIpc) is 3.08. The van der Waals surface area contributed by atoms with E-state index in [0.29, 0.717) is 31.7 Å². The van der Waals surface area contributed by atoms with Crippen LogP contribution in [0, 0.1) is 18.6 Å². The molecule has 4 rings (SSSR count). The number of halogens is 5. The van der Waals surface area contributed by atoms with Gasteiger partial charge in [-0.15, -0.1) is 0 Å². The fourth-order valence-corrected chi connectivity index (χ4v) is 3.68. The van der Waals surface area contributed by atoms with Crippen molar-refractivity contribution in [3.63, 3.8) is 0 Å². The van der Waals surface area contributed by atoms with E-state index < -0.39 is 41.2 Å². The van der Waals surface area contributed by atoms with Gasteiger partial charge in [0, 0.05) is 30.1 Å². The highest BCUT2D eigenvalue weighted by Gasteiger charge is 2.45. The van der Waals surface area contributed by atoms with Gasteiger partial charge in [0.05, 0.1) is 30.8 Å². The van der Waals surface area contributed by atoms with Crippen LogP contribution in [0.4, 0.5) is 38.4 Å². The van der Waals surface area contributed by atoms with E-state index in [-0.39, 0.29) is 22.7 Å². The number of benzene rings is 1. The summed E-state index contributed by atoms with van der Waals surface area (Å²) in [5, 5.41) is 3.85. The molecule has 0 saturated carbocycles. The lowest BCUT2D eigenvalue weighted by Crippen LogP contribution is -2.42. The summed E-state index contributed by atoms with van der Waals surface area (Å²) in [5.74, 6) is -2.48. The molecule has 2 atom stereocenters. The van der Waals surface area contributed by atoms with Crippen LogP contribution in [0.25, 0.3) is 11.0 Å². The number of hydrogen-bond donors (Lipinski definition) is 2. The summed E-state index contributed by atoms with van der Waals surface area (Å²) in [5.41, 5.74) is -0.631. The SMILES string of the molecule is Cc1c([C@H](NC(=O)Nc2cnc(N3CCO[C@@H](C)C3)nc2)C(F)(F)F)oc2c(F)cc(F)cc12. The van der Waals surface area contributed by atoms with Crippen molar-refractivity contribution in [1.82, 2.24) is 15.3 Å². The third-order valence-corrected chi connectivity index (χ3v) is 5.28. The molecule has 0 radical (unpaired) electrons. The molecule has 2 amide bonds. The first-order valence-corrected chi connectivity index (χ1v) is 10.2. The molecule has 3 aromatic rings. The standard InChI is InChI=1S/C21H20F5N5O3/c1-10-9-31(3-4-33-10)19-27-7-13(8-28-19)29-20(32)30-18(21(24,25)26)16-11(2)14-5-12(22)6-15(23)17(14)34-16/h5-8,10,18H,3-4,9H2,1-2H3,(H2,29,30,32)/t10-,18-/m0/s1. The van der Waals surface area contributed by atoms with Crippen LogP contribution in [0.15, 0.2) is 28.9 Å². The van der Waals surface area contributed by atoms with Crippen LogP contribution >= 0.6 is 0 Å². The number of rotatable bonds is 4. The maximum atomic E-state index is 14.0. The van der Waals surface area contributed by atoms with Gasteiger partial charge in [0.15, 0.2) is 17.4 Å². The number of morpholine rings is 1. The van der Waals surface area contributed by atoms with Crippen molar-refractivity contribution in [1.29, 1.82) is 0 Å². The van der Waals surface area contributed by atoms with E-state index in [4.69, 9.17) is 9.15 Å². The molecule has 0 aliphatic carbocycles. The quantitative estimate of drug-likeness (QED) is 0.531. The number of urea groups is 1. The molecule has 2 aromatic heterocycles. The lowest BCUT2D eigenvalue weighted by Gasteiger charge is -2.31. The molecule has 0 bridgehead atoms. The van der Waals surface area contributed by atoms with Crippen molar-refractivity contribution in [2.75, 3.05) is 29.9 Å². The Morgan fingerprint density at radius 2 is 1.94 bits per heavy atom. The molecule has 1 saturated heterocycles. The predicted molar refractivity (Wildman–Crippen MR) is 111 cm³/mol. The number of ether oxygens (including phenoxy) is 1. The van der Waals surface area contributed by atoms with Gasteiger partial charge in [0.25, 0.3) is 0 Å². The minimum absolute atomic E-state index is 0.00750. The highest BCUT2D eigenvalue weighted by molar-refractivity contribution is 5.89. The molecular weight excluding hydrogens is 465 g/mol. The lowest BCUT2D eigenvalue weighted by atomic mass is 10.1. The number of alkyl halides is 3. The topological polar surface area (TPSA) is 92.5 Å². The fraction of sp³-hybridized carbons (Fsp3) is 0.381. The van der Waals surface area contributed by atoms with E-state index in [1.54, 1.807) is 5.32 Å². The Balaban J connectivity index is 1.51. The van der Waals surface area contributed by atoms with E-state index in [9.17, 15) is 26.7 Å². The smallest absolute Gasteiger partial charge is 0.416 e. The summed E-state index contributed by atoms with van der Waals surface area (Å²) < 4.78 is 79.4. The number of furan rings is 1. The number of carbonyl (C=O) groups excluding carboxylic acids is 1. The van der Waals surface area contributed by atoms with Crippen LogP contribution in [0.1, 0.15) is 24.3 Å². The molecule has 8 nitrogen and oxygen atoms in total. The van der Waals surface area contributed by atoms with Crippen LogP contribution in [-0.4, -0.2) is 48.0 Å². The van der Waals surface area contributed by atoms with Gasteiger partial charge in [-0.3, -0.25) is 0 Å². The first kappa shape index (κ1) is 23.7. The fourth-order valence-electron chi connectivity index (χ4n) is 3.68. The summed E-state index contributed by atoms with van der Waals surface area (Å²) in [6.07, 6.45) is -2.48. The molecule has 13 heteroatoms. The monoisotopic (exact) mass is 485 g/mol. The van der Waals surface area contributed by atoms with Crippen molar-refractivity contribution >= 4 is 28.6 Å². The van der Waals surface area contributed by atoms with Crippen molar-refractivity contribution in [3.8, 4) is 0 Å². The summed E-state index contributed by atoms with van der Waals surface area (Å²) >= 11 is 0. The van der Waals surface area contributed by atoms with Gasteiger partial charge >= 0.3 is 12.2 Å². The maximum absolute atomic E-state index is 14.0. The second kappa shape index (κ2) is 9.05. The van der Waals surface area contributed by atoms with Crippen molar-refractivity contribution < 1.29 is 35.9 Å². The second-order valence-corrected chi connectivity index (χ2v) is 7.83. The highest BCUT2D eigenvalue weighted by Crippen LogP contribution is 2.39. The van der Waals surface area contributed by atoms with Gasteiger partial charge < -0.3 is 24.7 Å². The average molecular weight is 485 g/mol. The van der Waals surface area contributed by atoms with Crippen LogP contribution < -0.4 is 15.5 Å². The zero-order valence-corrected chi connectivity index (χ0v) is 18.0. The van der Waals surface area contributed by atoms with Gasteiger partial charge in [-0.25, -0.2) is 23.5 Å². The Hall–Kier alpha value is -3.48. The maximum Gasteiger partial charge on any atom is 0.416 e. The Morgan fingerprint density at radius 1 is 1.24 bits per heavy atom. The third kappa shape index (κ3) is 4.88. The molecule has 0 unspecified atom stereocenters. The van der Waals surface area contributed by atoms with Gasteiger partial charge in [0.2, 0.25) is 5.95 Å². The molecule has 182 valence electrons. The zero-order valence-electron chi connectivity index (χ0n) is 18.0.